The molecule has 0 bridgehead atoms. The molecule has 1 aliphatic heterocycles. The molecule has 0 amide bonds. The quantitative estimate of drug-likeness (QED) is 0.687. The number of hydrogen-bond donors (Lipinski definition) is 1. The maximum Gasteiger partial charge on any atom is 0.403 e. The standard InChI is InChI=1S/C6H10F3NO2S/c7-6(8,9)5(10)4-1-2-13(11,12)3-4/h4-5H,1-3,10H2. The highest BCUT2D eigenvalue weighted by molar-refractivity contribution is 7.91. The fourth-order valence-corrected chi connectivity index (χ4v) is 3.23. The molecule has 1 rings (SSSR count). The minimum Gasteiger partial charge on any atom is -0.320 e. The SMILES string of the molecule is NC(C1CCS(=O)(=O)C1)C(F)(F)F. The number of halogens is 3. The monoisotopic (exact) mass is 217 g/mol. The number of rotatable bonds is 1. The first-order valence-electron chi connectivity index (χ1n) is 3.75. The van der Waals surface area contributed by atoms with Crippen LogP contribution in [0, 0.1) is 5.92 Å². The van der Waals surface area contributed by atoms with Gasteiger partial charge in [-0.3, -0.25) is 0 Å². The zero-order valence-electron chi connectivity index (χ0n) is 6.71. The van der Waals surface area contributed by atoms with E-state index in [0.29, 0.717) is 0 Å². The molecule has 1 aliphatic rings. The van der Waals surface area contributed by atoms with Crippen molar-refractivity contribution >= 4 is 9.84 Å². The van der Waals surface area contributed by atoms with E-state index in [-0.39, 0.29) is 12.2 Å². The van der Waals surface area contributed by atoms with Gasteiger partial charge in [-0.1, -0.05) is 0 Å². The molecular formula is C6H10F3NO2S. The van der Waals surface area contributed by atoms with Crippen LogP contribution in [0.5, 0.6) is 0 Å². The number of nitrogens with two attached hydrogens (primary N) is 1. The van der Waals surface area contributed by atoms with E-state index in [0.717, 1.165) is 0 Å². The molecule has 0 aromatic carbocycles. The molecule has 3 nitrogen and oxygen atoms in total. The van der Waals surface area contributed by atoms with Crippen molar-refractivity contribution in [1.82, 2.24) is 0 Å². The first kappa shape index (κ1) is 10.8. The Morgan fingerprint density at radius 3 is 2.23 bits per heavy atom. The van der Waals surface area contributed by atoms with Crippen LogP contribution in [0.2, 0.25) is 0 Å². The second kappa shape index (κ2) is 3.13. The molecule has 0 radical (unpaired) electrons. The summed E-state index contributed by atoms with van der Waals surface area (Å²) in [6.45, 7) is 0. The molecular weight excluding hydrogens is 207 g/mol. The van der Waals surface area contributed by atoms with Gasteiger partial charge in [0.25, 0.3) is 0 Å². The lowest BCUT2D eigenvalue weighted by Gasteiger charge is -2.20. The summed E-state index contributed by atoms with van der Waals surface area (Å²) in [6, 6.07) is -2.01. The lowest BCUT2D eigenvalue weighted by atomic mass is 10.00. The van der Waals surface area contributed by atoms with Crippen LogP contribution in [0.3, 0.4) is 0 Å². The average Bonchev–Trinajstić information content (AvgIpc) is 2.26. The van der Waals surface area contributed by atoms with E-state index in [1.165, 1.54) is 0 Å². The second-order valence-corrected chi connectivity index (χ2v) is 5.46. The summed E-state index contributed by atoms with van der Waals surface area (Å²) in [4.78, 5) is 0. The minimum absolute atomic E-state index is 0.0169. The van der Waals surface area contributed by atoms with Crippen LogP contribution in [0.25, 0.3) is 0 Å². The van der Waals surface area contributed by atoms with Crippen LogP contribution in [0.4, 0.5) is 13.2 Å². The minimum atomic E-state index is -4.50. The summed E-state index contributed by atoms with van der Waals surface area (Å²) >= 11 is 0. The molecule has 7 heteroatoms. The summed E-state index contributed by atoms with van der Waals surface area (Å²) in [5, 5.41) is 0. The summed E-state index contributed by atoms with van der Waals surface area (Å²) < 4.78 is 57.8. The number of alkyl halides is 3. The Balaban J connectivity index is 2.67. The van der Waals surface area contributed by atoms with Gasteiger partial charge in [0.15, 0.2) is 9.84 Å². The third-order valence-electron chi connectivity index (χ3n) is 2.15. The molecule has 13 heavy (non-hydrogen) atoms. The van der Waals surface area contributed by atoms with Gasteiger partial charge in [-0.2, -0.15) is 13.2 Å². The molecule has 2 N–H and O–H groups in total. The Bertz CT molecular complexity index is 285. The topological polar surface area (TPSA) is 60.2 Å². The Labute approximate surface area is 74.0 Å². The number of sulfone groups is 1. The van der Waals surface area contributed by atoms with Gasteiger partial charge in [0, 0.05) is 0 Å². The maximum absolute atomic E-state index is 12.0. The van der Waals surface area contributed by atoms with Crippen molar-refractivity contribution in [2.24, 2.45) is 11.7 Å². The largest absolute Gasteiger partial charge is 0.403 e. The summed E-state index contributed by atoms with van der Waals surface area (Å²) in [5.74, 6) is -1.58. The Morgan fingerprint density at radius 2 is 1.92 bits per heavy atom. The molecule has 2 atom stereocenters. The van der Waals surface area contributed by atoms with Gasteiger partial charge in [0.1, 0.15) is 6.04 Å². The van der Waals surface area contributed by atoms with Crippen molar-refractivity contribution in [1.29, 1.82) is 0 Å². The van der Waals surface area contributed by atoms with E-state index in [4.69, 9.17) is 5.73 Å². The third-order valence-corrected chi connectivity index (χ3v) is 3.95. The fourth-order valence-electron chi connectivity index (χ4n) is 1.37. The van der Waals surface area contributed by atoms with E-state index in [9.17, 15) is 21.6 Å². The predicted molar refractivity (Wildman–Crippen MR) is 40.8 cm³/mol. The molecule has 0 spiro atoms. The summed E-state index contributed by atoms with van der Waals surface area (Å²) in [7, 11) is -3.28. The highest BCUT2D eigenvalue weighted by Crippen LogP contribution is 2.30. The second-order valence-electron chi connectivity index (χ2n) is 3.23. The molecule has 1 heterocycles. The lowest BCUT2D eigenvalue weighted by molar-refractivity contribution is -0.156. The van der Waals surface area contributed by atoms with E-state index in [1.54, 1.807) is 0 Å². The van der Waals surface area contributed by atoms with Gasteiger partial charge < -0.3 is 5.73 Å². The molecule has 1 fully saturated rings. The van der Waals surface area contributed by atoms with Crippen molar-refractivity contribution in [2.75, 3.05) is 11.5 Å². The maximum atomic E-state index is 12.0. The van der Waals surface area contributed by atoms with Crippen molar-refractivity contribution in [2.45, 2.75) is 18.6 Å². The molecule has 2 unspecified atom stereocenters. The van der Waals surface area contributed by atoms with Gasteiger partial charge >= 0.3 is 6.18 Å². The highest BCUT2D eigenvalue weighted by atomic mass is 32.2. The smallest absolute Gasteiger partial charge is 0.320 e. The van der Waals surface area contributed by atoms with E-state index < -0.39 is 33.7 Å². The predicted octanol–water partition coefficient (Wildman–Crippen LogP) is 0.311. The Morgan fingerprint density at radius 1 is 1.38 bits per heavy atom. The van der Waals surface area contributed by atoms with E-state index >= 15 is 0 Å². The zero-order chi connectivity index (χ0) is 10.3. The average molecular weight is 217 g/mol. The van der Waals surface area contributed by atoms with Crippen LogP contribution in [-0.2, 0) is 9.84 Å². The van der Waals surface area contributed by atoms with Gasteiger partial charge in [-0.25, -0.2) is 8.42 Å². The van der Waals surface area contributed by atoms with Crippen LogP contribution >= 0.6 is 0 Å². The van der Waals surface area contributed by atoms with Crippen LogP contribution in [0.15, 0.2) is 0 Å². The summed E-state index contributed by atoms with van der Waals surface area (Å²) in [6.07, 6.45) is -4.48. The first-order chi connectivity index (χ1) is 5.72. The highest BCUT2D eigenvalue weighted by Gasteiger charge is 2.45. The molecule has 0 aliphatic carbocycles. The Kier molecular flexibility index (Phi) is 2.59. The third kappa shape index (κ3) is 2.57. The van der Waals surface area contributed by atoms with E-state index in [1.807, 2.05) is 0 Å². The first-order valence-corrected chi connectivity index (χ1v) is 5.57. The molecule has 0 saturated carbocycles. The van der Waals surface area contributed by atoms with Gasteiger partial charge in [-0.05, 0) is 12.3 Å². The van der Waals surface area contributed by atoms with Crippen molar-refractivity contribution in [3.63, 3.8) is 0 Å². The molecule has 0 aromatic heterocycles. The lowest BCUT2D eigenvalue weighted by Crippen LogP contribution is -2.44. The van der Waals surface area contributed by atoms with Crippen molar-refractivity contribution < 1.29 is 21.6 Å². The van der Waals surface area contributed by atoms with Gasteiger partial charge in [0.05, 0.1) is 11.5 Å². The fraction of sp³-hybridized carbons (Fsp3) is 1.00. The Hall–Kier alpha value is -0.300. The molecule has 78 valence electrons. The van der Waals surface area contributed by atoms with E-state index in [2.05, 4.69) is 0 Å². The normalized spacial score (nSPS) is 30.3. The van der Waals surface area contributed by atoms with Crippen molar-refractivity contribution in [3.05, 3.63) is 0 Å². The van der Waals surface area contributed by atoms with Crippen molar-refractivity contribution in [3.8, 4) is 0 Å². The van der Waals surface area contributed by atoms with Crippen LogP contribution in [-0.4, -0.2) is 32.1 Å². The van der Waals surface area contributed by atoms with Crippen LogP contribution in [0.1, 0.15) is 6.42 Å². The zero-order valence-corrected chi connectivity index (χ0v) is 7.53. The van der Waals surface area contributed by atoms with Gasteiger partial charge in [-0.15, -0.1) is 0 Å². The van der Waals surface area contributed by atoms with Crippen LogP contribution < -0.4 is 5.73 Å². The molecule has 0 aromatic rings. The number of hydrogen-bond acceptors (Lipinski definition) is 3. The van der Waals surface area contributed by atoms with Gasteiger partial charge in [0.2, 0.25) is 0 Å². The summed E-state index contributed by atoms with van der Waals surface area (Å²) in [5.41, 5.74) is 4.89. The molecule has 1 saturated heterocycles.